The monoisotopic (exact) mass is 570 g/mol. The van der Waals surface area contributed by atoms with E-state index in [1.54, 1.807) is 26.2 Å². The normalized spacial score (nSPS) is 16.2. The summed E-state index contributed by atoms with van der Waals surface area (Å²) in [6, 6.07) is 21.0. The smallest absolute Gasteiger partial charge is 0.251 e. The number of benzene rings is 3. The first kappa shape index (κ1) is 28.1. The summed E-state index contributed by atoms with van der Waals surface area (Å²) in [6.45, 7) is 0. The third-order valence-corrected chi connectivity index (χ3v) is 7.72. The second-order valence-corrected chi connectivity index (χ2v) is 11.0. The summed E-state index contributed by atoms with van der Waals surface area (Å²) >= 11 is 1.55. The molecule has 10 heteroatoms. The van der Waals surface area contributed by atoms with Crippen LogP contribution in [-0.2, 0) is 0 Å². The SMILES string of the molecule is COc1cc(Nc2nc3ccccc3nc2NSC2C=CCC(NC(=O)c3ccc(N(C)C)cc3)C2)cc(OC)c1. The highest BCUT2D eigenvalue weighted by atomic mass is 32.2. The van der Waals surface area contributed by atoms with Gasteiger partial charge in [-0.25, -0.2) is 9.97 Å². The van der Waals surface area contributed by atoms with Gasteiger partial charge in [0.1, 0.15) is 11.5 Å². The van der Waals surface area contributed by atoms with Crippen LogP contribution in [0.15, 0.2) is 78.9 Å². The molecule has 2 unspecified atom stereocenters. The highest BCUT2D eigenvalue weighted by Crippen LogP contribution is 2.33. The molecule has 1 aromatic heterocycles. The van der Waals surface area contributed by atoms with Gasteiger partial charge in [0.05, 0.1) is 25.3 Å². The number of nitrogens with one attached hydrogen (secondary N) is 3. The number of hydrogen-bond donors (Lipinski definition) is 3. The highest BCUT2D eigenvalue weighted by Gasteiger charge is 2.22. The number of anilines is 4. The number of aromatic nitrogens is 2. The summed E-state index contributed by atoms with van der Waals surface area (Å²) in [6.07, 6.45) is 5.86. The van der Waals surface area contributed by atoms with Crippen LogP contribution in [-0.4, -0.2) is 55.5 Å². The fraction of sp³-hybridized carbons (Fsp3) is 0.258. The van der Waals surface area contributed by atoms with Crippen LogP contribution in [0.1, 0.15) is 23.2 Å². The van der Waals surface area contributed by atoms with Crippen molar-refractivity contribution in [3.63, 3.8) is 0 Å². The van der Waals surface area contributed by atoms with Crippen LogP contribution in [0, 0.1) is 0 Å². The summed E-state index contributed by atoms with van der Waals surface area (Å²) in [5.41, 5.74) is 4.04. The van der Waals surface area contributed by atoms with Crippen molar-refractivity contribution in [3.05, 3.63) is 84.4 Å². The van der Waals surface area contributed by atoms with Gasteiger partial charge >= 0.3 is 0 Å². The first-order valence-electron chi connectivity index (χ1n) is 13.4. The first-order chi connectivity index (χ1) is 19.9. The molecular weight excluding hydrogens is 536 g/mol. The molecule has 1 heterocycles. The minimum atomic E-state index is -0.0621. The standard InChI is InChI=1S/C31H34N6O3S/c1-37(2)23-14-12-20(13-15-23)31(38)33-21-8-7-9-26(18-21)41-36-30-29(34-27-10-5-6-11-28(27)35-30)32-22-16-24(39-3)19-25(17-22)40-4/h5-7,9-17,19,21,26H,8,18H2,1-4H3,(H,32,34)(H,33,38)(H,35,36). The lowest BCUT2D eigenvalue weighted by Crippen LogP contribution is -2.37. The van der Waals surface area contributed by atoms with Crippen molar-refractivity contribution in [1.82, 2.24) is 15.3 Å². The van der Waals surface area contributed by atoms with Crippen LogP contribution in [0.4, 0.5) is 23.0 Å². The van der Waals surface area contributed by atoms with Crippen molar-refractivity contribution < 1.29 is 14.3 Å². The molecule has 0 saturated carbocycles. The number of carbonyl (C=O) groups is 1. The van der Waals surface area contributed by atoms with Crippen molar-refractivity contribution >= 4 is 51.9 Å². The summed E-state index contributed by atoms with van der Waals surface area (Å²) in [7, 11) is 7.19. The lowest BCUT2D eigenvalue weighted by Gasteiger charge is -2.25. The highest BCUT2D eigenvalue weighted by molar-refractivity contribution is 8.01. The van der Waals surface area contributed by atoms with E-state index in [1.807, 2.05) is 85.7 Å². The molecule has 3 aromatic carbocycles. The molecule has 0 radical (unpaired) electrons. The minimum Gasteiger partial charge on any atom is -0.497 e. The minimum absolute atomic E-state index is 0.0323. The number of rotatable bonds is 10. The van der Waals surface area contributed by atoms with Gasteiger partial charge in [-0.15, -0.1) is 0 Å². The van der Waals surface area contributed by atoms with Crippen molar-refractivity contribution in [2.75, 3.05) is 43.3 Å². The van der Waals surface area contributed by atoms with Crippen molar-refractivity contribution in [2.45, 2.75) is 24.1 Å². The molecule has 41 heavy (non-hydrogen) atoms. The zero-order chi connectivity index (χ0) is 28.8. The van der Waals surface area contributed by atoms with Crippen LogP contribution in [0.25, 0.3) is 11.0 Å². The molecule has 0 saturated heterocycles. The molecule has 1 amide bonds. The van der Waals surface area contributed by atoms with Crippen LogP contribution in [0.3, 0.4) is 0 Å². The third-order valence-electron chi connectivity index (χ3n) is 6.76. The van der Waals surface area contributed by atoms with Crippen molar-refractivity contribution in [1.29, 1.82) is 0 Å². The molecule has 5 rings (SSSR count). The summed E-state index contributed by atoms with van der Waals surface area (Å²) in [5.74, 6) is 2.46. The van der Waals surface area contributed by atoms with Gasteiger partial charge in [-0.2, -0.15) is 0 Å². The van der Waals surface area contributed by atoms with Crippen LogP contribution >= 0.6 is 11.9 Å². The van der Waals surface area contributed by atoms with Gasteiger partial charge in [0.15, 0.2) is 11.6 Å². The topological polar surface area (TPSA) is 101 Å². The Bertz CT molecular complexity index is 1520. The van der Waals surface area contributed by atoms with Gasteiger partial charge in [0.2, 0.25) is 0 Å². The van der Waals surface area contributed by atoms with Crippen molar-refractivity contribution in [3.8, 4) is 11.5 Å². The number of carbonyl (C=O) groups excluding carboxylic acids is 1. The quantitative estimate of drug-likeness (QED) is 0.156. The molecule has 1 aliphatic rings. The second kappa shape index (κ2) is 12.8. The Labute approximate surface area is 244 Å². The van der Waals surface area contributed by atoms with Crippen LogP contribution in [0.5, 0.6) is 11.5 Å². The Balaban J connectivity index is 1.28. The van der Waals surface area contributed by atoms with Gasteiger partial charge in [-0.05, 0) is 61.2 Å². The van der Waals surface area contributed by atoms with E-state index in [4.69, 9.17) is 19.4 Å². The predicted molar refractivity (Wildman–Crippen MR) is 168 cm³/mol. The maximum atomic E-state index is 12.9. The fourth-order valence-corrected chi connectivity index (χ4v) is 5.46. The van der Waals surface area contributed by atoms with E-state index in [9.17, 15) is 4.79 Å². The van der Waals surface area contributed by atoms with Crippen molar-refractivity contribution in [2.24, 2.45) is 0 Å². The second-order valence-electron chi connectivity index (χ2n) is 9.91. The molecule has 212 valence electrons. The Morgan fingerprint density at radius 2 is 1.59 bits per heavy atom. The summed E-state index contributed by atoms with van der Waals surface area (Å²) in [5, 5.41) is 6.70. The van der Waals surface area contributed by atoms with E-state index in [0.717, 1.165) is 35.2 Å². The Morgan fingerprint density at radius 3 is 2.22 bits per heavy atom. The number of amides is 1. The molecule has 0 aliphatic heterocycles. The Morgan fingerprint density at radius 1 is 0.927 bits per heavy atom. The fourth-order valence-electron chi connectivity index (χ4n) is 4.54. The van der Waals surface area contributed by atoms with Crippen LogP contribution < -0.4 is 29.7 Å². The maximum absolute atomic E-state index is 12.9. The van der Waals surface area contributed by atoms with E-state index >= 15 is 0 Å². The molecule has 1 aliphatic carbocycles. The van der Waals surface area contributed by atoms with E-state index in [-0.39, 0.29) is 17.2 Å². The number of ether oxygens (including phenoxy) is 2. The Hall–Kier alpha value is -4.44. The zero-order valence-electron chi connectivity index (χ0n) is 23.5. The Kier molecular flexibility index (Phi) is 8.79. The lowest BCUT2D eigenvalue weighted by atomic mass is 10.0. The van der Waals surface area contributed by atoms with Crippen LogP contribution in [0.2, 0.25) is 0 Å². The third kappa shape index (κ3) is 7.01. The van der Waals surface area contributed by atoms with E-state index < -0.39 is 0 Å². The van der Waals surface area contributed by atoms with Gasteiger partial charge in [-0.1, -0.05) is 24.3 Å². The van der Waals surface area contributed by atoms with E-state index in [1.165, 1.54) is 0 Å². The van der Waals surface area contributed by atoms with Gasteiger partial charge < -0.3 is 29.7 Å². The molecule has 3 N–H and O–H groups in total. The zero-order valence-corrected chi connectivity index (χ0v) is 24.4. The molecule has 0 spiro atoms. The molecule has 9 nitrogen and oxygen atoms in total. The largest absolute Gasteiger partial charge is 0.497 e. The maximum Gasteiger partial charge on any atom is 0.251 e. The van der Waals surface area contributed by atoms with Gasteiger partial charge in [-0.3, -0.25) is 4.79 Å². The number of methoxy groups -OCH3 is 2. The molecule has 0 fully saturated rings. The predicted octanol–water partition coefficient (Wildman–Crippen LogP) is 6.03. The average Bonchev–Trinajstić information content (AvgIpc) is 3.00. The molecule has 4 aromatic rings. The number of fused-ring (bicyclic) bond motifs is 1. The first-order valence-corrected chi connectivity index (χ1v) is 14.2. The molecule has 2 atom stereocenters. The number of nitrogens with zero attached hydrogens (tertiary/aromatic N) is 3. The number of hydrogen-bond acceptors (Lipinski definition) is 9. The lowest BCUT2D eigenvalue weighted by molar-refractivity contribution is 0.0935. The summed E-state index contributed by atoms with van der Waals surface area (Å²) < 4.78 is 14.3. The van der Waals surface area contributed by atoms with Gasteiger partial charge in [0, 0.05) is 60.5 Å². The van der Waals surface area contributed by atoms with Gasteiger partial charge in [0.25, 0.3) is 5.91 Å². The van der Waals surface area contributed by atoms with E-state index in [2.05, 4.69) is 27.5 Å². The number of para-hydroxylation sites is 2. The van der Waals surface area contributed by atoms with E-state index in [0.29, 0.717) is 28.7 Å². The summed E-state index contributed by atoms with van der Waals surface area (Å²) in [4.78, 5) is 24.6. The molecule has 0 bridgehead atoms. The average molecular weight is 571 g/mol. The molecular formula is C31H34N6O3S.